The van der Waals surface area contributed by atoms with Gasteiger partial charge in [0.2, 0.25) is 0 Å². The van der Waals surface area contributed by atoms with E-state index in [0.29, 0.717) is 28.3 Å². The van der Waals surface area contributed by atoms with Crippen LogP contribution in [0.4, 0.5) is 8.78 Å². The maximum absolute atomic E-state index is 13.3. The van der Waals surface area contributed by atoms with Gasteiger partial charge >= 0.3 is 0 Å². The lowest BCUT2D eigenvalue weighted by Crippen LogP contribution is -2.28. The van der Waals surface area contributed by atoms with Gasteiger partial charge in [-0.1, -0.05) is 11.2 Å². The fraction of sp³-hybridized carbons (Fsp3) is 0.316. The van der Waals surface area contributed by atoms with Crippen molar-refractivity contribution < 1.29 is 23.2 Å². The zero-order chi connectivity index (χ0) is 19.1. The Kier molecular flexibility index (Phi) is 4.35. The molecule has 1 aliphatic rings. The molecule has 3 aromatic rings. The molecule has 0 spiro atoms. The molecule has 2 heterocycles. The van der Waals surface area contributed by atoms with E-state index in [1.54, 1.807) is 13.0 Å². The molecule has 2 N–H and O–H groups in total. The molecule has 1 atom stereocenters. The predicted octanol–water partition coefficient (Wildman–Crippen LogP) is 3.15. The van der Waals surface area contributed by atoms with Crippen molar-refractivity contribution in [2.75, 3.05) is 6.54 Å². The van der Waals surface area contributed by atoms with Crippen LogP contribution < -0.4 is 5.32 Å². The van der Waals surface area contributed by atoms with Gasteiger partial charge in [0.15, 0.2) is 11.6 Å². The number of aryl methyl sites for hydroxylation is 1. The Bertz CT molecular complexity index is 1030. The molecule has 2 aromatic heterocycles. The first-order valence-corrected chi connectivity index (χ1v) is 8.62. The zero-order valence-corrected chi connectivity index (χ0v) is 14.5. The molecule has 27 heavy (non-hydrogen) atoms. The second-order valence-corrected chi connectivity index (χ2v) is 6.72. The van der Waals surface area contributed by atoms with Gasteiger partial charge in [-0.25, -0.2) is 13.8 Å². The van der Waals surface area contributed by atoms with E-state index in [0.717, 1.165) is 30.7 Å². The Morgan fingerprint density at radius 2 is 2.11 bits per heavy atom. The van der Waals surface area contributed by atoms with E-state index in [2.05, 4.69) is 15.5 Å². The van der Waals surface area contributed by atoms with Gasteiger partial charge in [-0.15, -0.1) is 0 Å². The number of halogens is 2. The van der Waals surface area contributed by atoms with Gasteiger partial charge in [0, 0.05) is 18.2 Å². The fourth-order valence-electron chi connectivity index (χ4n) is 3.00. The molecular weight excluding hydrogens is 356 g/mol. The van der Waals surface area contributed by atoms with E-state index >= 15 is 0 Å². The summed E-state index contributed by atoms with van der Waals surface area (Å²) in [5, 5.41) is 17.2. The fourth-order valence-corrected chi connectivity index (χ4v) is 3.00. The normalized spacial score (nSPS) is 15.1. The van der Waals surface area contributed by atoms with E-state index < -0.39 is 23.6 Å². The number of nitrogens with one attached hydrogen (secondary N) is 1. The van der Waals surface area contributed by atoms with Gasteiger partial charge in [-0.2, -0.15) is 0 Å². The lowest BCUT2D eigenvalue weighted by molar-refractivity contribution is 0.0917. The van der Waals surface area contributed by atoms with Gasteiger partial charge in [-0.05, 0) is 43.5 Å². The Balaban J connectivity index is 1.55. The van der Waals surface area contributed by atoms with Crippen molar-refractivity contribution in [1.82, 2.24) is 15.5 Å². The summed E-state index contributed by atoms with van der Waals surface area (Å²) in [5.74, 6) is -2.15. The van der Waals surface area contributed by atoms with Crippen LogP contribution in [-0.4, -0.2) is 27.7 Å². The van der Waals surface area contributed by atoms with Crippen molar-refractivity contribution in [2.45, 2.75) is 31.8 Å². The van der Waals surface area contributed by atoms with Gasteiger partial charge in [0.25, 0.3) is 11.6 Å². The number of aliphatic hydroxyl groups is 1. The average Bonchev–Trinajstić information content (AvgIpc) is 3.44. The number of aromatic nitrogens is 2. The summed E-state index contributed by atoms with van der Waals surface area (Å²) >= 11 is 0. The van der Waals surface area contributed by atoms with Crippen LogP contribution in [-0.2, 0) is 0 Å². The SMILES string of the molecule is Cc1noc2nc(C3CC3)cc(C(=O)NC[C@H](O)c3ccc(F)c(F)c3)c12. The van der Waals surface area contributed by atoms with Gasteiger partial charge in [-0.3, -0.25) is 4.79 Å². The van der Waals surface area contributed by atoms with Crippen LogP contribution in [0.5, 0.6) is 0 Å². The molecule has 1 aliphatic carbocycles. The van der Waals surface area contributed by atoms with E-state index in [9.17, 15) is 18.7 Å². The largest absolute Gasteiger partial charge is 0.387 e. The number of pyridine rings is 1. The molecule has 140 valence electrons. The number of fused-ring (bicyclic) bond motifs is 1. The quantitative estimate of drug-likeness (QED) is 0.717. The van der Waals surface area contributed by atoms with Crippen molar-refractivity contribution in [3.05, 3.63) is 58.4 Å². The standard InChI is InChI=1S/C19H17F2N3O3/c1-9-17-12(7-15(10-2-3-10)23-19(17)27-24-9)18(26)22-8-16(25)11-4-5-13(20)14(21)6-11/h4-7,10,16,25H,2-3,8H2,1H3,(H,22,26)/t16-/m0/s1. The van der Waals surface area contributed by atoms with E-state index in [1.165, 1.54) is 6.07 Å². The van der Waals surface area contributed by atoms with Crippen molar-refractivity contribution in [3.8, 4) is 0 Å². The van der Waals surface area contributed by atoms with E-state index in [4.69, 9.17) is 4.52 Å². The van der Waals surface area contributed by atoms with Crippen LogP contribution in [0.25, 0.3) is 11.1 Å². The number of carbonyl (C=O) groups excluding carboxylic acids is 1. The number of rotatable bonds is 5. The number of aliphatic hydroxyl groups excluding tert-OH is 1. The van der Waals surface area contributed by atoms with E-state index in [-0.39, 0.29) is 12.1 Å². The highest BCUT2D eigenvalue weighted by molar-refractivity contribution is 6.06. The molecule has 1 amide bonds. The monoisotopic (exact) mass is 373 g/mol. The van der Waals surface area contributed by atoms with Gasteiger partial charge in [0.1, 0.15) is 0 Å². The smallest absolute Gasteiger partial charge is 0.259 e. The van der Waals surface area contributed by atoms with Gasteiger partial charge < -0.3 is 14.9 Å². The molecule has 1 saturated carbocycles. The minimum Gasteiger partial charge on any atom is -0.387 e. The molecular formula is C19H17F2N3O3. The summed E-state index contributed by atoms with van der Waals surface area (Å²) in [7, 11) is 0. The number of nitrogens with zero attached hydrogens (tertiary/aromatic N) is 2. The Morgan fingerprint density at radius 1 is 1.33 bits per heavy atom. The maximum Gasteiger partial charge on any atom is 0.259 e. The first-order valence-electron chi connectivity index (χ1n) is 8.62. The van der Waals surface area contributed by atoms with Crippen LogP contribution in [0.15, 0.2) is 28.8 Å². The van der Waals surface area contributed by atoms with Gasteiger partial charge in [0.05, 0.1) is 22.7 Å². The summed E-state index contributed by atoms with van der Waals surface area (Å²) in [5.41, 5.74) is 2.19. The number of amides is 1. The molecule has 8 heteroatoms. The topological polar surface area (TPSA) is 88.2 Å². The second-order valence-electron chi connectivity index (χ2n) is 6.72. The molecule has 1 aromatic carbocycles. The summed E-state index contributed by atoms with van der Waals surface area (Å²) in [6.07, 6.45) is 0.858. The number of benzene rings is 1. The van der Waals surface area contributed by atoms with E-state index in [1.807, 2.05) is 0 Å². The lowest BCUT2D eigenvalue weighted by Gasteiger charge is -2.13. The number of carbonyl (C=O) groups is 1. The Labute approximate surface area is 153 Å². The molecule has 6 nitrogen and oxygen atoms in total. The van der Waals surface area contributed by atoms with Crippen LogP contribution in [0.1, 0.15) is 52.2 Å². The van der Waals surface area contributed by atoms with Crippen LogP contribution >= 0.6 is 0 Å². The summed E-state index contributed by atoms with van der Waals surface area (Å²) in [6, 6.07) is 4.84. The zero-order valence-electron chi connectivity index (χ0n) is 14.5. The van der Waals surface area contributed by atoms with Crippen LogP contribution in [0.2, 0.25) is 0 Å². The number of hydrogen-bond donors (Lipinski definition) is 2. The van der Waals surface area contributed by atoms with Crippen molar-refractivity contribution >= 4 is 17.0 Å². The molecule has 4 rings (SSSR count). The van der Waals surface area contributed by atoms with Crippen molar-refractivity contribution in [1.29, 1.82) is 0 Å². The highest BCUT2D eigenvalue weighted by Gasteiger charge is 2.28. The molecule has 1 fully saturated rings. The maximum atomic E-state index is 13.3. The molecule has 0 aliphatic heterocycles. The average molecular weight is 373 g/mol. The molecule has 0 bridgehead atoms. The summed E-state index contributed by atoms with van der Waals surface area (Å²) in [6.45, 7) is 1.56. The minimum absolute atomic E-state index is 0.156. The van der Waals surface area contributed by atoms with Crippen molar-refractivity contribution in [3.63, 3.8) is 0 Å². The highest BCUT2D eigenvalue weighted by Crippen LogP contribution is 2.40. The Hall–Kier alpha value is -2.87. The third kappa shape index (κ3) is 3.40. The number of hydrogen-bond acceptors (Lipinski definition) is 5. The Morgan fingerprint density at radius 3 is 2.81 bits per heavy atom. The molecule has 0 saturated heterocycles. The third-order valence-electron chi connectivity index (χ3n) is 4.66. The predicted molar refractivity (Wildman–Crippen MR) is 92.2 cm³/mol. The molecule has 0 unspecified atom stereocenters. The first kappa shape index (κ1) is 17.5. The first-order chi connectivity index (χ1) is 12.9. The molecule has 0 radical (unpaired) electrons. The lowest BCUT2D eigenvalue weighted by atomic mass is 10.1. The summed E-state index contributed by atoms with van der Waals surface area (Å²) in [4.78, 5) is 17.1. The highest BCUT2D eigenvalue weighted by atomic mass is 19.2. The third-order valence-corrected chi connectivity index (χ3v) is 4.66. The van der Waals surface area contributed by atoms with Crippen LogP contribution in [0, 0.1) is 18.6 Å². The van der Waals surface area contributed by atoms with Crippen molar-refractivity contribution in [2.24, 2.45) is 0 Å². The second kappa shape index (κ2) is 6.70. The summed E-state index contributed by atoms with van der Waals surface area (Å²) < 4.78 is 31.5. The minimum atomic E-state index is -1.17. The van der Waals surface area contributed by atoms with Crippen LogP contribution in [0.3, 0.4) is 0 Å².